The lowest BCUT2D eigenvalue weighted by Crippen LogP contribution is -2.02. The van der Waals surface area contributed by atoms with Gasteiger partial charge < -0.3 is 18.3 Å². The molecule has 4 heteroatoms. The summed E-state index contributed by atoms with van der Waals surface area (Å²) in [5.74, 6) is 0. The predicted molar refractivity (Wildman–Crippen MR) is 268 cm³/mol. The minimum atomic E-state index is 1.13. The van der Waals surface area contributed by atoms with Crippen molar-refractivity contribution < 1.29 is 0 Å². The SMILES string of the molecule is c1ccc(-c2cccc(-c3ccccc3)c2-n2c3ccccc3c3ccc(-n4c5cccc6c5c5c(cccc54)n6-c4ccc5c(c4)c4ccccc4n5-c4ccccc4)cc32)cc1. The fourth-order valence-electron chi connectivity index (χ4n) is 10.9. The molecule has 0 amide bonds. The van der Waals surface area contributed by atoms with E-state index < -0.39 is 0 Å². The number of para-hydroxylation sites is 4. The zero-order valence-corrected chi connectivity index (χ0v) is 34.7. The Labute approximate surface area is 368 Å². The molecule has 14 aromatic rings. The molecule has 14 rings (SSSR count). The van der Waals surface area contributed by atoms with Gasteiger partial charge in [-0.15, -0.1) is 0 Å². The van der Waals surface area contributed by atoms with Crippen LogP contribution in [0.5, 0.6) is 0 Å². The standard InChI is InChI=1S/C60H38N4/c1-4-17-39(18-5-1)44-25-14-26-45(40-19-6-2-7-20-40)60(44)64-51-28-13-10-23-46(51)48-35-33-43(38-57(48)64)63-55-31-15-29-53-58(55)59-54(30-16-32-56(59)63)62(53)42-34-36-52-49(37-42)47-24-11-12-27-50(47)61(52)41-21-8-3-9-22-41/h1-38H. The molecule has 4 heterocycles. The van der Waals surface area contributed by atoms with E-state index in [0.717, 1.165) is 17.1 Å². The molecule has 0 saturated carbocycles. The Hall–Kier alpha value is -8.60. The number of benzene rings is 10. The molecule has 0 N–H and O–H groups in total. The van der Waals surface area contributed by atoms with Gasteiger partial charge in [0.05, 0.1) is 49.8 Å². The number of fused-ring (bicyclic) bond motifs is 6. The Kier molecular flexibility index (Phi) is 7.36. The maximum Gasteiger partial charge on any atom is 0.0618 e. The fraction of sp³-hybridized carbons (Fsp3) is 0. The van der Waals surface area contributed by atoms with Crippen LogP contribution in [0.25, 0.3) is 121 Å². The van der Waals surface area contributed by atoms with Gasteiger partial charge in [-0.1, -0.05) is 152 Å². The van der Waals surface area contributed by atoms with E-state index in [1.54, 1.807) is 0 Å². The Morgan fingerprint density at radius 2 is 0.625 bits per heavy atom. The number of aromatic nitrogens is 4. The highest BCUT2D eigenvalue weighted by molar-refractivity contribution is 6.26. The number of nitrogens with zero attached hydrogens (tertiary/aromatic N) is 4. The summed E-state index contributed by atoms with van der Waals surface area (Å²) in [5, 5.41) is 7.51. The molecular formula is C60H38N4. The third-order valence-electron chi connectivity index (χ3n) is 13.5. The van der Waals surface area contributed by atoms with Gasteiger partial charge in [0.1, 0.15) is 0 Å². The van der Waals surface area contributed by atoms with Gasteiger partial charge in [0.2, 0.25) is 0 Å². The van der Waals surface area contributed by atoms with Crippen LogP contribution in [0.15, 0.2) is 231 Å². The second kappa shape index (κ2) is 13.4. The third kappa shape index (κ3) is 4.88. The zero-order valence-electron chi connectivity index (χ0n) is 34.7. The van der Waals surface area contributed by atoms with Crippen LogP contribution in [0.1, 0.15) is 0 Å². The normalized spacial score (nSPS) is 12.1. The largest absolute Gasteiger partial charge is 0.309 e. The molecule has 4 nitrogen and oxygen atoms in total. The summed E-state index contributed by atoms with van der Waals surface area (Å²) in [6.45, 7) is 0. The predicted octanol–water partition coefficient (Wildman–Crippen LogP) is 15.7. The summed E-state index contributed by atoms with van der Waals surface area (Å²) in [4.78, 5) is 0. The van der Waals surface area contributed by atoms with Crippen LogP contribution in [0.2, 0.25) is 0 Å². The van der Waals surface area contributed by atoms with Crippen molar-refractivity contribution in [2.45, 2.75) is 0 Å². The van der Waals surface area contributed by atoms with Crippen molar-refractivity contribution in [3.8, 4) is 45.0 Å². The quantitative estimate of drug-likeness (QED) is 0.159. The van der Waals surface area contributed by atoms with Crippen LogP contribution < -0.4 is 0 Å². The van der Waals surface area contributed by atoms with Crippen molar-refractivity contribution in [1.29, 1.82) is 0 Å². The van der Waals surface area contributed by atoms with Gasteiger partial charge in [-0.25, -0.2) is 0 Å². The molecule has 0 radical (unpaired) electrons. The van der Waals surface area contributed by atoms with Crippen LogP contribution in [-0.2, 0) is 0 Å². The first kappa shape index (κ1) is 35.0. The molecule has 0 unspecified atom stereocenters. The summed E-state index contributed by atoms with van der Waals surface area (Å²) in [6.07, 6.45) is 0. The summed E-state index contributed by atoms with van der Waals surface area (Å²) in [6, 6.07) is 84.4. The molecule has 10 aromatic carbocycles. The molecular weight excluding hydrogens is 777 g/mol. The van der Waals surface area contributed by atoms with E-state index in [-0.39, 0.29) is 0 Å². The highest BCUT2D eigenvalue weighted by atomic mass is 15.0. The van der Waals surface area contributed by atoms with Crippen molar-refractivity contribution in [3.63, 3.8) is 0 Å². The molecule has 298 valence electrons. The van der Waals surface area contributed by atoms with Crippen molar-refractivity contribution in [3.05, 3.63) is 231 Å². The Morgan fingerprint density at radius 1 is 0.219 bits per heavy atom. The van der Waals surface area contributed by atoms with E-state index in [4.69, 9.17) is 0 Å². The highest BCUT2D eigenvalue weighted by Gasteiger charge is 2.25. The van der Waals surface area contributed by atoms with Crippen LogP contribution in [0, 0.1) is 0 Å². The van der Waals surface area contributed by atoms with Crippen molar-refractivity contribution in [2.75, 3.05) is 0 Å². The van der Waals surface area contributed by atoms with Crippen molar-refractivity contribution in [2.24, 2.45) is 0 Å². The lowest BCUT2D eigenvalue weighted by atomic mass is 9.95. The molecule has 4 aromatic heterocycles. The first-order valence-electron chi connectivity index (χ1n) is 22.0. The molecule has 0 aliphatic carbocycles. The van der Waals surface area contributed by atoms with Gasteiger partial charge in [0.25, 0.3) is 0 Å². The lowest BCUT2D eigenvalue weighted by Gasteiger charge is -2.19. The lowest BCUT2D eigenvalue weighted by molar-refractivity contribution is 1.15. The first-order chi connectivity index (χ1) is 31.8. The van der Waals surface area contributed by atoms with Gasteiger partial charge >= 0.3 is 0 Å². The van der Waals surface area contributed by atoms with Crippen LogP contribution >= 0.6 is 0 Å². The molecule has 0 atom stereocenters. The van der Waals surface area contributed by atoms with E-state index in [9.17, 15) is 0 Å². The monoisotopic (exact) mass is 814 g/mol. The average molecular weight is 815 g/mol. The third-order valence-corrected chi connectivity index (χ3v) is 13.5. The summed E-state index contributed by atoms with van der Waals surface area (Å²) < 4.78 is 9.85. The van der Waals surface area contributed by atoms with E-state index in [1.807, 2.05) is 0 Å². The van der Waals surface area contributed by atoms with Gasteiger partial charge in [-0.3, -0.25) is 0 Å². The molecule has 0 fully saturated rings. The van der Waals surface area contributed by atoms with Crippen molar-refractivity contribution >= 4 is 76.5 Å². The zero-order chi connectivity index (χ0) is 41.9. The van der Waals surface area contributed by atoms with E-state index in [0.29, 0.717) is 0 Å². The molecule has 0 spiro atoms. The van der Waals surface area contributed by atoms with Gasteiger partial charge in [-0.2, -0.15) is 0 Å². The second-order valence-electron chi connectivity index (χ2n) is 16.9. The number of hydrogen-bond donors (Lipinski definition) is 0. The van der Waals surface area contributed by atoms with E-state index in [1.165, 1.54) is 104 Å². The minimum absolute atomic E-state index is 1.13. The number of rotatable bonds is 6. The van der Waals surface area contributed by atoms with Crippen LogP contribution in [0.3, 0.4) is 0 Å². The molecule has 0 aliphatic heterocycles. The maximum atomic E-state index is 2.52. The van der Waals surface area contributed by atoms with Gasteiger partial charge in [-0.05, 0) is 90.0 Å². The fourth-order valence-corrected chi connectivity index (χ4v) is 10.9. The number of hydrogen-bond acceptors (Lipinski definition) is 0. The Balaban J connectivity index is 1.01. The smallest absolute Gasteiger partial charge is 0.0618 e. The summed E-state index contributed by atoms with van der Waals surface area (Å²) in [7, 11) is 0. The van der Waals surface area contributed by atoms with E-state index in [2.05, 4.69) is 249 Å². The van der Waals surface area contributed by atoms with E-state index >= 15 is 0 Å². The molecule has 0 aliphatic rings. The first-order valence-corrected chi connectivity index (χ1v) is 22.0. The van der Waals surface area contributed by atoms with Gasteiger partial charge in [0.15, 0.2) is 0 Å². The minimum Gasteiger partial charge on any atom is -0.309 e. The summed E-state index contributed by atoms with van der Waals surface area (Å²) >= 11 is 0. The Bertz CT molecular complexity index is 3980. The molecule has 0 saturated heterocycles. The molecule has 64 heavy (non-hydrogen) atoms. The molecule has 0 bridgehead atoms. The highest BCUT2D eigenvalue weighted by Crippen LogP contribution is 2.46. The second-order valence-corrected chi connectivity index (χ2v) is 16.9. The topological polar surface area (TPSA) is 19.7 Å². The average Bonchev–Trinajstić information content (AvgIpc) is 4.10. The van der Waals surface area contributed by atoms with Gasteiger partial charge in [0, 0.05) is 60.5 Å². The van der Waals surface area contributed by atoms with Crippen LogP contribution in [0.4, 0.5) is 0 Å². The summed E-state index contributed by atoms with van der Waals surface area (Å²) in [5.41, 5.74) is 18.9. The maximum absolute atomic E-state index is 2.52. The Morgan fingerprint density at radius 3 is 1.22 bits per heavy atom. The van der Waals surface area contributed by atoms with Crippen molar-refractivity contribution in [1.82, 2.24) is 18.3 Å². The van der Waals surface area contributed by atoms with Crippen LogP contribution in [-0.4, -0.2) is 18.3 Å².